The normalized spacial score (nSPS) is 10.6. The van der Waals surface area contributed by atoms with Gasteiger partial charge in [-0.2, -0.15) is 0 Å². The van der Waals surface area contributed by atoms with Crippen LogP contribution in [0.5, 0.6) is 0 Å². The third-order valence-corrected chi connectivity index (χ3v) is 2.94. The Labute approximate surface area is 114 Å². The molecule has 3 rings (SSSR count). The Morgan fingerprint density at radius 2 is 1.79 bits per heavy atom. The van der Waals surface area contributed by atoms with Crippen molar-refractivity contribution < 1.29 is 4.39 Å². The van der Waals surface area contributed by atoms with Crippen LogP contribution in [0.3, 0.4) is 0 Å². The molecule has 0 bridgehead atoms. The van der Waals surface area contributed by atoms with E-state index in [4.69, 9.17) is 11.6 Å². The molecular weight excluding hydrogens is 265 g/mol. The maximum absolute atomic E-state index is 13.0. The average molecular weight is 274 g/mol. The first kappa shape index (κ1) is 11.9. The second-order valence-electron chi connectivity index (χ2n) is 3.96. The number of nitrogens with zero attached hydrogens (tertiary/aromatic N) is 3. The minimum atomic E-state index is -0.270. The molecule has 0 unspecified atom stereocenters. The van der Waals surface area contributed by atoms with Gasteiger partial charge in [-0.05, 0) is 36.4 Å². The van der Waals surface area contributed by atoms with Crippen molar-refractivity contribution in [3.63, 3.8) is 0 Å². The number of aromatic nitrogens is 3. The fourth-order valence-corrected chi connectivity index (χ4v) is 2.03. The Balaban J connectivity index is 2.10. The second-order valence-corrected chi connectivity index (χ2v) is 4.35. The summed E-state index contributed by atoms with van der Waals surface area (Å²) >= 11 is 5.89. The number of hydrogen-bond acceptors (Lipinski definition) is 2. The van der Waals surface area contributed by atoms with Gasteiger partial charge >= 0.3 is 0 Å². The van der Waals surface area contributed by atoms with Gasteiger partial charge in [-0.15, -0.1) is 0 Å². The van der Waals surface area contributed by atoms with Gasteiger partial charge in [0, 0.05) is 24.2 Å². The number of rotatable bonds is 2. The summed E-state index contributed by atoms with van der Waals surface area (Å²) in [4.78, 5) is 8.24. The summed E-state index contributed by atoms with van der Waals surface area (Å²) in [6, 6.07) is 9.78. The Kier molecular flexibility index (Phi) is 3.01. The average Bonchev–Trinajstić information content (AvgIpc) is 2.89. The van der Waals surface area contributed by atoms with Crippen LogP contribution in [0.4, 0.5) is 4.39 Å². The molecule has 0 saturated carbocycles. The molecule has 0 aliphatic heterocycles. The largest absolute Gasteiger partial charge is 0.300 e. The standard InChI is InChI=1S/C14H9ClFN3/c15-13-9-12(5-6-17-13)19-8-7-18-14(19)10-1-3-11(16)4-2-10/h1-9H. The second kappa shape index (κ2) is 4.82. The summed E-state index contributed by atoms with van der Waals surface area (Å²) in [7, 11) is 0. The number of halogens is 2. The van der Waals surface area contributed by atoms with Crippen LogP contribution in [0.25, 0.3) is 17.1 Å². The van der Waals surface area contributed by atoms with E-state index in [0.29, 0.717) is 5.15 Å². The number of pyridine rings is 1. The van der Waals surface area contributed by atoms with Gasteiger partial charge in [0.05, 0.1) is 5.69 Å². The van der Waals surface area contributed by atoms with E-state index in [1.54, 1.807) is 30.6 Å². The van der Waals surface area contributed by atoms with E-state index in [1.165, 1.54) is 12.1 Å². The molecule has 0 amide bonds. The van der Waals surface area contributed by atoms with Crippen molar-refractivity contribution >= 4 is 11.6 Å². The Morgan fingerprint density at radius 3 is 2.53 bits per heavy atom. The molecule has 0 atom stereocenters. The first-order chi connectivity index (χ1) is 9.24. The van der Waals surface area contributed by atoms with Crippen LogP contribution in [0, 0.1) is 5.82 Å². The van der Waals surface area contributed by atoms with Crippen molar-refractivity contribution in [1.82, 2.24) is 14.5 Å². The number of imidazole rings is 1. The van der Waals surface area contributed by atoms with E-state index in [1.807, 2.05) is 16.8 Å². The highest BCUT2D eigenvalue weighted by Crippen LogP contribution is 2.22. The molecule has 0 spiro atoms. The fourth-order valence-electron chi connectivity index (χ4n) is 1.87. The highest BCUT2D eigenvalue weighted by Gasteiger charge is 2.08. The van der Waals surface area contributed by atoms with Gasteiger partial charge in [-0.1, -0.05) is 11.6 Å². The maximum Gasteiger partial charge on any atom is 0.144 e. The summed E-state index contributed by atoms with van der Waals surface area (Å²) < 4.78 is 14.8. The predicted octanol–water partition coefficient (Wildman–Crippen LogP) is 3.73. The van der Waals surface area contributed by atoms with Crippen molar-refractivity contribution in [2.24, 2.45) is 0 Å². The molecule has 0 N–H and O–H groups in total. The third-order valence-electron chi connectivity index (χ3n) is 2.73. The van der Waals surface area contributed by atoms with Crippen molar-refractivity contribution in [3.8, 4) is 17.1 Å². The fraction of sp³-hybridized carbons (Fsp3) is 0. The van der Waals surface area contributed by atoms with Crippen molar-refractivity contribution in [2.75, 3.05) is 0 Å². The first-order valence-corrected chi connectivity index (χ1v) is 6.03. The zero-order valence-corrected chi connectivity index (χ0v) is 10.5. The Morgan fingerprint density at radius 1 is 1.00 bits per heavy atom. The highest BCUT2D eigenvalue weighted by atomic mass is 35.5. The van der Waals surface area contributed by atoms with Crippen LogP contribution >= 0.6 is 11.6 Å². The summed E-state index contributed by atoms with van der Waals surface area (Å²) in [6.07, 6.45) is 5.14. The molecule has 1 aromatic carbocycles. The molecule has 0 radical (unpaired) electrons. The number of benzene rings is 1. The summed E-state index contributed by atoms with van der Waals surface area (Å²) in [5, 5.41) is 0.413. The summed E-state index contributed by atoms with van der Waals surface area (Å²) in [6.45, 7) is 0. The molecule has 0 aliphatic carbocycles. The summed E-state index contributed by atoms with van der Waals surface area (Å²) in [5.74, 6) is 0.455. The summed E-state index contributed by atoms with van der Waals surface area (Å²) in [5.41, 5.74) is 1.69. The van der Waals surface area contributed by atoms with Gasteiger partial charge in [0.1, 0.15) is 16.8 Å². The minimum Gasteiger partial charge on any atom is -0.300 e. The van der Waals surface area contributed by atoms with Gasteiger partial charge in [-0.3, -0.25) is 4.57 Å². The SMILES string of the molecule is Fc1ccc(-c2nccn2-c2ccnc(Cl)c2)cc1. The molecular formula is C14H9ClFN3. The molecule has 0 fully saturated rings. The zero-order valence-electron chi connectivity index (χ0n) is 9.79. The van der Waals surface area contributed by atoms with E-state index in [9.17, 15) is 4.39 Å². The topological polar surface area (TPSA) is 30.7 Å². The van der Waals surface area contributed by atoms with E-state index in [0.717, 1.165) is 17.1 Å². The lowest BCUT2D eigenvalue weighted by molar-refractivity contribution is 0.628. The smallest absolute Gasteiger partial charge is 0.144 e. The van der Waals surface area contributed by atoms with E-state index in [2.05, 4.69) is 9.97 Å². The minimum absolute atomic E-state index is 0.270. The molecule has 19 heavy (non-hydrogen) atoms. The quantitative estimate of drug-likeness (QED) is 0.666. The zero-order chi connectivity index (χ0) is 13.2. The molecule has 3 nitrogen and oxygen atoms in total. The lowest BCUT2D eigenvalue weighted by Gasteiger charge is -2.08. The predicted molar refractivity (Wildman–Crippen MR) is 71.8 cm³/mol. The molecule has 5 heteroatoms. The highest BCUT2D eigenvalue weighted by molar-refractivity contribution is 6.29. The van der Waals surface area contributed by atoms with Crippen LogP contribution < -0.4 is 0 Å². The van der Waals surface area contributed by atoms with E-state index in [-0.39, 0.29) is 5.82 Å². The van der Waals surface area contributed by atoms with Crippen LogP contribution in [-0.2, 0) is 0 Å². The Bertz CT molecular complexity index is 707. The van der Waals surface area contributed by atoms with Crippen LogP contribution in [0.1, 0.15) is 0 Å². The molecule has 2 aromatic heterocycles. The lowest BCUT2D eigenvalue weighted by Crippen LogP contribution is -1.96. The maximum atomic E-state index is 13.0. The van der Waals surface area contributed by atoms with E-state index >= 15 is 0 Å². The van der Waals surface area contributed by atoms with Crippen molar-refractivity contribution in [3.05, 3.63) is 66.0 Å². The molecule has 94 valence electrons. The van der Waals surface area contributed by atoms with Crippen LogP contribution in [0.15, 0.2) is 55.0 Å². The Hall–Kier alpha value is -2.20. The monoisotopic (exact) mass is 273 g/mol. The van der Waals surface area contributed by atoms with Gasteiger partial charge in [0.2, 0.25) is 0 Å². The van der Waals surface area contributed by atoms with Crippen LogP contribution in [-0.4, -0.2) is 14.5 Å². The van der Waals surface area contributed by atoms with E-state index < -0.39 is 0 Å². The van der Waals surface area contributed by atoms with Gasteiger partial charge in [0.25, 0.3) is 0 Å². The van der Waals surface area contributed by atoms with Gasteiger partial charge in [0.15, 0.2) is 0 Å². The molecule has 2 heterocycles. The van der Waals surface area contributed by atoms with Crippen molar-refractivity contribution in [1.29, 1.82) is 0 Å². The van der Waals surface area contributed by atoms with Crippen molar-refractivity contribution in [2.45, 2.75) is 0 Å². The van der Waals surface area contributed by atoms with Crippen LogP contribution in [0.2, 0.25) is 5.15 Å². The molecule has 3 aromatic rings. The van der Waals surface area contributed by atoms with Gasteiger partial charge in [-0.25, -0.2) is 14.4 Å². The molecule has 0 saturated heterocycles. The molecule has 0 aliphatic rings. The third kappa shape index (κ3) is 2.35. The first-order valence-electron chi connectivity index (χ1n) is 5.65. The number of hydrogen-bond donors (Lipinski definition) is 0. The van der Waals surface area contributed by atoms with Gasteiger partial charge < -0.3 is 0 Å². The lowest BCUT2D eigenvalue weighted by atomic mass is 10.2.